The molecule has 0 N–H and O–H groups in total. The Hall–Kier alpha value is 1.11. The Kier molecular flexibility index (Phi) is 71.8. The fraction of sp³-hybridized carbons (Fsp3) is 0. The van der Waals surface area contributed by atoms with Crippen molar-refractivity contribution in [2.45, 2.75) is 0 Å². The molecule has 2 radical (unpaired) electrons. The Bertz CT molecular complexity index is 8.00. The summed E-state index contributed by atoms with van der Waals surface area (Å²) in [5, 5.41) is 0. The molecule has 0 aromatic rings. The van der Waals surface area contributed by atoms with Gasteiger partial charge in [-0.2, -0.15) is 0 Å². The molecule has 0 unspecified atom stereocenters. The van der Waals surface area contributed by atoms with Gasteiger partial charge in [0.05, 0.1) is 0 Å². The summed E-state index contributed by atoms with van der Waals surface area (Å²) < 4.78 is 16.6. The van der Waals surface area contributed by atoms with Crippen LogP contribution in [0.25, 0.3) is 0 Å². The maximum absolute atomic E-state index is 8.34. The monoisotopic (exact) mass is 200 g/mol. The van der Waals surface area contributed by atoms with Gasteiger partial charge in [-0.1, -0.05) is 0 Å². The zero-order valence-electron chi connectivity index (χ0n) is 1.82. The molecule has 0 saturated carbocycles. The standard InChI is InChI=1S/2O.Sn.Ti. The predicted molar refractivity (Wildman–Crippen MR) is 7.13 cm³/mol. The van der Waals surface area contributed by atoms with Crippen LogP contribution in [0.5, 0.6) is 0 Å². The van der Waals surface area contributed by atoms with E-state index < -0.39 is 0 Å². The molecule has 4 heavy (non-hydrogen) atoms. The Morgan fingerprint density at radius 2 is 1.25 bits per heavy atom. The second-order valence-electron chi connectivity index (χ2n) is 0. The molecule has 0 fully saturated rings. The van der Waals surface area contributed by atoms with E-state index in [-0.39, 0.29) is 0 Å². The van der Waals surface area contributed by atoms with Crippen molar-refractivity contribution in [3.63, 3.8) is 0 Å². The van der Waals surface area contributed by atoms with E-state index >= 15 is 0 Å². The van der Waals surface area contributed by atoms with E-state index in [1.807, 2.05) is 0 Å². The molecule has 0 spiro atoms. The molecule has 20 valence electrons. The molecule has 0 amide bonds. The molecule has 0 bridgehead atoms. The Morgan fingerprint density at radius 1 is 1.25 bits per heavy atom. The van der Waals surface area contributed by atoms with Gasteiger partial charge in [0.15, 0.2) is 0 Å². The molecule has 0 aliphatic heterocycles. The van der Waals surface area contributed by atoms with Crippen LogP contribution >= 0.6 is 0 Å². The third kappa shape index (κ3) is 11.2. The average molecular weight is 199 g/mol. The fourth-order valence-corrected chi connectivity index (χ4v) is 0. The normalized spacial score (nSPS) is 1.75. The third-order valence-electron chi connectivity index (χ3n) is 0. The van der Waals surface area contributed by atoms with Crippen molar-refractivity contribution < 1.29 is 26.8 Å². The minimum atomic E-state index is 0.300. The Morgan fingerprint density at radius 3 is 1.25 bits per heavy atom. The van der Waals surface area contributed by atoms with E-state index in [9.17, 15) is 0 Å². The van der Waals surface area contributed by atoms with Crippen molar-refractivity contribution in [2.75, 3.05) is 0 Å². The van der Waals surface area contributed by atoms with Crippen LogP contribution in [-0.2, 0) is 26.8 Å². The summed E-state index contributed by atoms with van der Waals surface area (Å²) in [4.78, 5) is 0. The molecule has 0 aromatic carbocycles. The summed E-state index contributed by atoms with van der Waals surface area (Å²) in [5.41, 5.74) is 0. The number of hydrogen-bond acceptors (Lipinski definition) is 2. The van der Waals surface area contributed by atoms with Gasteiger partial charge in [0.1, 0.15) is 0 Å². The van der Waals surface area contributed by atoms with Crippen LogP contribution in [0.3, 0.4) is 0 Å². The van der Waals surface area contributed by atoms with Crippen molar-refractivity contribution >= 4 is 22.5 Å². The van der Waals surface area contributed by atoms with Gasteiger partial charge in [0.2, 0.25) is 0 Å². The van der Waals surface area contributed by atoms with E-state index in [0.29, 0.717) is 22.5 Å². The van der Waals surface area contributed by atoms with Crippen LogP contribution in [0.15, 0.2) is 0 Å². The summed E-state index contributed by atoms with van der Waals surface area (Å²) in [6, 6.07) is 0. The third-order valence-corrected chi connectivity index (χ3v) is 0. The second kappa shape index (κ2) is 32.2. The first-order valence-corrected chi connectivity index (χ1v) is 2.21. The summed E-state index contributed by atoms with van der Waals surface area (Å²) >= 11 is 1.05. The first-order chi connectivity index (χ1) is 2.00. The molecule has 4 heteroatoms. The zero-order chi connectivity index (χ0) is 4.00. The van der Waals surface area contributed by atoms with Gasteiger partial charge in [-0.15, -0.1) is 0 Å². The van der Waals surface area contributed by atoms with E-state index in [1.54, 1.807) is 0 Å². The number of hydrogen-bond donors (Lipinski definition) is 0. The molecule has 0 aliphatic carbocycles. The fourth-order valence-electron chi connectivity index (χ4n) is 0. The first-order valence-electron chi connectivity index (χ1n) is 0.408. The number of rotatable bonds is 0. The van der Waals surface area contributed by atoms with Crippen LogP contribution in [0, 0.1) is 0 Å². The molecule has 0 atom stereocenters. The van der Waals surface area contributed by atoms with Gasteiger partial charge in [-0.25, -0.2) is 0 Å². The molecule has 0 heterocycles. The van der Waals surface area contributed by atoms with Crippen LogP contribution in [0.1, 0.15) is 0 Å². The van der Waals surface area contributed by atoms with Crippen molar-refractivity contribution in [1.29, 1.82) is 0 Å². The predicted octanol–water partition coefficient (Wildman–Crippen LogP) is -0.621. The van der Waals surface area contributed by atoms with E-state index in [4.69, 9.17) is 6.40 Å². The van der Waals surface area contributed by atoms with Gasteiger partial charge < -0.3 is 0 Å². The van der Waals surface area contributed by atoms with Gasteiger partial charge >= 0.3 is 49.3 Å². The summed E-state index contributed by atoms with van der Waals surface area (Å²) in [6.45, 7) is 0. The van der Waals surface area contributed by atoms with Crippen LogP contribution in [0.2, 0.25) is 0 Å². The molecule has 2 nitrogen and oxygen atoms in total. The van der Waals surface area contributed by atoms with Gasteiger partial charge in [-0.05, 0) is 0 Å². The summed E-state index contributed by atoms with van der Waals surface area (Å²) in [7, 11) is 0. The van der Waals surface area contributed by atoms with Crippen molar-refractivity contribution in [2.24, 2.45) is 0 Å². The molecular weight excluding hydrogens is 199 g/mol. The van der Waals surface area contributed by atoms with Crippen molar-refractivity contribution in [1.82, 2.24) is 0 Å². The van der Waals surface area contributed by atoms with Crippen LogP contribution < -0.4 is 0 Å². The summed E-state index contributed by atoms with van der Waals surface area (Å²) in [6.07, 6.45) is 0. The SMILES string of the molecule is [O]=[Sn].[O]=[Ti]. The van der Waals surface area contributed by atoms with Crippen LogP contribution in [0.4, 0.5) is 0 Å². The first kappa shape index (κ1) is 8.93. The maximum atomic E-state index is 8.34. The average Bonchev–Trinajstić information content (AvgIpc) is 1.50. The molecule has 0 aliphatic rings. The van der Waals surface area contributed by atoms with E-state index in [1.165, 1.54) is 0 Å². The van der Waals surface area contributed by atoms with Crippen molar-refractivity contribution in [3.05, 3.63) is 0 Å². The quantitative estimate of drug-likeness (QED) is 0.486. The zero-order valence-corrected chi connectivity index (χ0v) is 6.23. The van der Waals surface area contributed by atoms with Gasteiger partial charge in [0, 0.05) is 0 Å². The van der Waals surface area contributed by atoms with Crippen LogP contribution in [-0.4, -0.2) is 22.5 Å². The van der Waals surface area contributed by atoms with Gasteiger partial charge in [0.25, 0.3) is 0 Å². The van der Waals surface area contributed by atoms with E-state index in [0.717, 1.165) is 20.4 Å². The van der Waals surface area contributed by atoms with Gasteiger partial charge in [-0.3, -0.25) is 0 Å². The second-order valence-corrected chi connectivity index (χ2v) is 0. The molecular formula is O2SnTi. The Labute approximate surface area is 49.2 Å². The van der Waals surface area contributed by atoms with Crippen molar-refractivity contribution in [3.8, 4) is 0 Å². The molecule has 0 rings (SSSR count). The topological polar surface area (TPSA) is 34.1 Å². The van der Waals surface area contributed by atoms with E-state index in [2.05, 4.69) is 0 Å². The minimum absolute atomic E-state index is 0.300. The molecule has 0 saturated heterocycles. The Balaban J connectivity index is 0. The summed E-state index contributed by atoms with van der Waals surface area (Å²) in [5.74, 6) is 0. The molecule has 0 aromatic heterocycles.